The number of carbonyl (C=O) groups excluding carboxylic acids is 2. The molecule has 0 aromatic heterocycles. The van der Waals surface area contributed by atoms with Crippen molar-refractivity contribution >= 4 is 18.2 Å². The number of fused-ring (bicyclic) bond motifs is 3. The minimum absolute atomic E-state index is 0.0810. The predicted molar refractivity (Wildman–Crippen MR) is 75.7 cm³/mol. The van der Waals surface area contributed by atoms with Gasteiger partial charge in [-0.2, -0.15) is 0 Å². The first-order valence-electron chi connectivity index (χ1n) is 7.42. The molecule has 1 aliphatic carbocycles. The molecule has 5 atom stereocenters. The Morgan fingerprint density at radius 1 is 1.33 bits per heavy atom. The Morgan fingerprint density at radius 3 is 2.67 bits per heavy atom. The van der Waals surface area contributed by atoms with Crippen LogP contribution in [0.4, 0.5) is 9.59 Å². The van der Waals surface area contributed by atoms with Crippen LogP contribution in [-0.2, 0) is 23.7 Å². The largest absolute Gasteiger partial charge is 0.478 e. The molecule has 24 heavy (non-hydrogen) atoms. The van der Waals surface area contributed by atoms with Crippen molar-refractivity contribution in [3.05, 3.63) is 11.8 Å². The van der Waals surface area contributed by atoms with Gasteiger partial charge in [0.2, 0.25) is 0 Å². The van der Waals surface area contributed by atoms with Gasteiger partial charge in [0.1, 0.15) is 12.2 Å². The lowest BCUT2D eigenvalue weighted by Crippen LogP contribution is -2.47. The Morgan fingerprint density at radius 2 is 2.04 bits per heavy atom. The number of hydrogen-bond acceptors (Lipinski definition) is 7. The lowest BCUT2D eigenvalue weighted by Gasteiger charge is -2.36. The van der Waals surface area contributed by atoms with Crippen LogP contribution in [0.25, 0.3) is 0 Å². The fourth-order valence-corrected chi connectivity index (χ4v) is 3.49. The molecule has 2 fully saturated rings. The van der Waals surface area contributed by atoms with Gasteiger partial charge in [0.15, 0.2) is 0 Å². The summed E-state index contributed by atoms with van der Waals surface area (Å²) in [6.45, 7) is -0.0810. The number of ether oxygens (including phenoxy) is 4. The number of nitrogens with one attached hydrogen (secondary N) is 2. The molecular weight excluding hydrogens is 324 g/mol. The molecule has 10 nitrogen and oxygen atoms in total. The summed E-state index contributed by atoms with van der Waals surface area (Å²) >= 11 is 0. The first-order chi connectivity index (χ1) is 11.4. The molecule has 10 heteroatoms. The zero-order chi connectivity index (χ0) is 17.5. The van der Waals surface area contributed by atoms with Gasteiger partial charge in [-0.25, -0.2) is 14.4 Å². The van der Waals surface area contributed by atoms with Gasteiger partial charge in [-0.1, -0.05) is 0 Å². The normalized spacial score (nSPS) is 35.5. The summed E-state index contributed by atoms with van der Waals surface area (Å²) in [5.74, 6) is -2.11. The highest BCUT2D eigenvalue weighted by Gasteiger charge is 2.74. The summed E-state index contributed by atoms with van der Waals surface area (Å²) in [7, 11) is 2.83. The minimum atomic E-state index is -1.10. The summed E-state index contributed by atoms with van der Waals surface area (Å²) in [5, 5.41) is 14.0. The van der Waals surface area contributed by atoms with Gasteiger partial charge in [0.05, 0.1) is 23.9 Å². The van der Waals surface area contributed by atoms with Crippen LogP contribution in [0.3, 0.4) is 0 Å². The van der Waals surface area contributed by atoms with Crippen LogP contribution >= 0.6 is 0 Å². The van der Waals surface area contributed by atoms with E-state index in [4.69, 9.17) is 18.9 Å². The third-order valence-electron chi connectivity index (χ3n) is 4.64. The smallest absolute Gasteiger partial charge is 0.409 e. The number of carboxylic acids is 1. The third-order valence-corrected chi connectivity index (χ3v) is 4.64. The highest BCUT2D eigenvalue weighted by Crippen LogP contribution is 2.61. The monoisotopic (exact) mass is 342 g/mol. The van der Waals surface area contributed by atoms with Crippen molar-refractivity contribution in [2.24, 2.45) is 11.8 Å². The molecule has 0 bridgehead atoms. The predicted octanol–water partition coefficient (Wildman–Crippen LogP) is -0.203. The van der Waals surface area contributed by atoms with Crippen LogP contribution in [0.2, 0.25) is 0 Å². The van der Waals surface area contributed by atoms with E-state index in [9.17, 15) is 19.5 Å². The van der Waals surface area contributed by atoms with Crippen LogP contribution < -0.4 is 10.6 Å². The van der Waals surface area contributed by atoms with Crippen molar-refractivity contribution in [3.8, 4) is 0 Å². The molecular formula is C14H18N2O8. The van der Waals surface area contributed by atoms with Crippen LogP contribution in [0.5, 0.6) is 0 Å². The fraction of sp³-hybridized carbons (Fsp3) is 0.643. The molecule has 3 N–H and O–H groups in total. The van der Waals surface area contributed by atoms with Crippen molar-refractivity contribution < 1.29 is 38.4 Å². The van der Waals surface area contributed by atoms with Gasteiger partial charge in [-0.3, -0.25) is 0 Å². The Labute approximate surface area is 137 Å². The van der Waals surface area contributed by atoms with Crippen LogP contribution in [0, 0.1) is 11.8 Å². The highest BCUT2D eigenvalue weighted by molar-refractivity contribution is 5.87. The van der Waals surface area contributed by atoms with E-state index in [1.807, 2.05) is 0 Å². The summed E-state index contributed by atoms with van der Waals surface area (Å²) < 4.78 is 21.3. The Hall–Kier alpha value is -2.49. The molecule has 0 radical (unpaired) electrons. The Kier molecular flexibility index (Phi) is 3.99. The zero-order valence-corrected chi connectivity index (χ0v) is 13.1. The lowest BCUT2D eigenvalue weighted by atomic mass is 9.81. The standard InChI is InChI=1S/C14H18N2O8/c1-15-12(19)22-5-14-8(24-14)3-6-7(10(17)18)4-21-11(9(6)14)23-13(20)16-2/h4,6,8-9,11H,3,5H2,1-2H3,(H,15,19)(H,16,20)(H,17,18)/t6-,8+,9+,11+,14-/m1/s1. The van der Waals surface area contributed by atoms with E-state index in [2.05, 4.69) is 10.6 Å². The second-order valence-corrected chi connectivity index (χ2v) is 5.79. The molecule has 3 aliphatic rings. The minimum Gasteiger partial charge on any atom is -0.478 e. The molecule has 2 amide bonds. The molecule has 2 heterocycles. The molecule has 3 rings (SSSR count). The van der Waals surface area contributed by atoms with E-state index in [0.29, 0.717) is 6.42 Å². The van der Waals surface area contributed by atoms with E-state index in [1.54, 1.807) is 0 Å². The van der Waals surface area contributed by atoms with Crippen molar-refractivity contribution in [1.29, 1.82) is 0 Å². The number of amides is 2. The first-order valence-corrected chi connectivity index (χ1v) is 7.42. The number of carbonyl (C=O) groups is 3. The maximum Gasteiger partial charge on any atom is 0.409 e. The number of alkyl carbamates (subject to hydrolysis) is 2. The molecule has 0 spiro atoms. The highest BCUT2D eigenvalue weighted by atomic mass is 16.7. The maximum atomic E-state index is 11.5. The molecule has 1 saturated heterocycles. The molecule has 1 saturated carbocycles. The second kappa shape index (κ2) is 5.86. The summed E-state index contributed by atoms with van der Waals surface area (Å²) in [6.07, 6.45) is -1.11. The molecule has 132 valence electrons. The molecule has 0 unspecified atom stereocenters. The van der Waals surface area contributed by atoms with Crippen molar-refractivity contribution in [2.45, 2.75) is 24.4 Å². The van der Waals surface area contributed by atoms with Crippen molar-refractivity contribution in [3.63, 3.8) is 0 Å². The quantitative estimate of drug-likeness (QED) is 0.598. The average Bonchev–Trinajstić information content (AvgIpc) is 3.16. The molecule has 0 aromatic rings. The van der Waals surface area contributed by atoms with Gasteiger partial charge in [-0.15, -0.1) is 0 Å². The van der Waals surface area contributed by atoms with Crippen molar-refractivity contribution in [2.75, 3.05) is 20.7 Å². The topological polar surface area (TPSA) is 136 Å². The third kappa shape index (κ3) is 2.52. The maximum absolute atomic E-state index is 11.5. The fourth-order valence-electron chi connectivity index (χ4n) is 3.49. The van der Waals surface area contributed by atoms with Crippen LogP contribution in [0.15, 0.2) is 11.8 Å². The van der Waals surface area contributed by atoms with Gasteiger partial charge in [0, 0.05) is 20.0 Å². The number of aliphatic carboxylic acids is 1. The SMILES string of the molecule is CNC(=O)OC[C@@]12O[C@H]1C[C@@H]1C(C(=O)O)=CO[C@@H](OC(=O)NC)[C@H]12. The van der Waals surface area contributed by atoms with Gasteiger partial charge >= 0.3 is 18.2 Å². The van der Waals surface area contributed by atoms with Crippen LogP contribution in [-0.4, -0.2) is 62.0 Å². The van der Waals surface area contributed by atoms with E-state index in [1.165, 1.54) is 14.1 Å². The van der Waals surface area contributed by atoms with Gasteiger partial charge in [0.25, 0.3) is 6.29 Å². The zero-order valence-electron chi connectivity index (χ0n) is 13.1. The summed E-state index contributed by atoms with van der Waals surface area (Å²) in [4.78, 5) is 34.3. The number of epoxide rings is 1. The molecule has 2 aliphatic heterocycles. The van der Waals surface area contributed by atoms with Crippen molar-refractivity contribution in [1.82, 2.24) is 10.6 Å². The summed E-state index contributed by atoms with van der Waals surface area (Å²) in [6, 6.07) is 0. The number of hydrogen-bond donors (Lipinski definition) is 3. The second-order valence-electron chi connectivity index (χ2n) is 5.79. The van der Waals surface area contributed by atoms with E-state index >= 15 is 0 Å². The first kappa shape index (κ1) is 16.4. The lowest BCUT2D eigenvalue weighted by molar-refractivity contribution is -0.152. The Balaban J connectivity index is 1.83. The molecule has 0 aromatic carbocycles. The average molecular weight is 342 g/mol. The van der Waals surface area contributed by atoms with Crippen LogP contribution in [0.1, 0.15) is 6.42 Å². The van der Waals surface area contributed by atoms with E-state index in [-0.39, 0.29) is 18.3 Å². The van der Waals surface area contributed by atoms with Gasteiger partial charge < -0.3 is 34.7 Å². The van der Waals surface area contributed by atoms with E-state index in [0.717, 1.165) is 6.26 Å². The number of rotatable bonds is 4. The van der Waals surface area contributed by atoms with E-state index < -0.39 is 41.9 Å². The summed E-state index contributed by atoms with van der Waals surface area (Å²) in [5.41, 5.74) is -0.822. The van der Waals surface area contributed by atoms with Gasteiger partial charge in [-0.05, 0) is 6.42 Å². The Bertz CT molecular complexity index is 606. The number of carboxylic acid groups (broad SMARTS) is 1.